The van der Waals surface area contributed by atoms with Gasteiger partial charge in [-0.15, -0.1) is 0 Å². The van der Waals surface area contributed by atoms with Crippen molar-refractivity contribution >= 4 is 17.7 Å². The Kier molecular flexibility index (Phi) is 2.63. The van der Waals surface area contributed by atoms with Crippen molar-refractivity contribution in [1.29, 1.82) is 0 Å². The zero-order valence-corrected chi connectivity index (χ0v) is 8.77. The molecule has 0 radical (unpaired) electrons. The summed E-state index contributed by atoms with van der Waals surface area (Å²) in [6, 6.07) is 1.12. The monoisotopic (exact) mass is 235 g/mol. The van der Waals surface area contributed by atoms with Crippen LogP contribution in [0.2, 0.25) is 0 Å². The van der Waals surface area contributed by atoms with Gasteiger partial charge in [0.2, 0.25) is 0 Å². The summed E-state index contributed by atoms with van der Waals surface area (Å²) < 4.78 is 0. The summed E-state index contributed by atoms with van der Waals surface area (Å²) in [5.41, 5.74) is -0.334. The number of carbonyl (C=O) groups excluding carboxylic acids is 1. The zero-order valence-electron chi connectivity index (χ0n) is 8.77. The van der Waals surface area contributed by atoms with Gasteiger partial charge < -0.3 is 10.2 Å². The lowest BCUT2D eigenvalue weighted by atomic mass is 9.93. The van der Waals surface area contributed by atoms with Crippen LogP contribution in [0.3, 0.4) is 0 Å². The lowest BCUT2D eigenvalue weighted by Crippen LogP contribution is -2.19. The lowest BCUT2D eigenvalue weighted by Gasteiger charge is -2.15. The molecule has 1 aromatic rings. The zero-order chi connectivity index (χ0) is 12.6. The van der Waals surface area contributed by atoms with Gasteiger partial charge in [0.1, 0.15) is 0 Å². The van der Waals surface area contributed by atoms with Crippen molar-refractivity contribution in [2.45, 2.75) is 19.3 Å². The smallest absolute Gasteiger partial charge is 0.355 e. The van der Waals surface area contributed by atoms with Gasteiger partial charge in [0, 0.05) is 12.0 Å². The van der Waals surface area contributed by atoms with Crippen LogP contribution in [-0.4, -0.2) is 32.9 Å². The average molecular weight is 235 g/mol. The fourth-order valence-electron chi connectivity index (χ4n) is 1.86. The van der Waals surface area contributed by atoms with E-state index in [1.807, 2.05) is 0 Å². The molecule has 1 heterocycles. The summed E-state index contributed by atoms with van der Waals surface area (Å²) in [4.78, 5) is 37.1. The van der Waals surface area contributed by atoms with Gasteiger partial charge in [-0.1, -0.05) is 0 Å². The number of ketones is 1. The second-order valence-electron chi connectivity index (χ2n) is 3.77. The highest BCUT2D eigenvalue weighted by atomic mass is 16.4. The Balaban J connectivity index is 2.67. The number of nitrogens with zero attached hydrogens (tertiary/aromatic N) is 1. The van der Waals surface area contributed by atoms with Crippen molar-refractivity contribution in [2.75, 3.05) is 0 Å². The molecule has 0 unspecified atom stereocenters. The first-order valence-electron chi connectivity index (χ1n) is 5.04. The first-order valence-corrected chi connectivity index (χ1v) is 5.04. The number of hydrogen-bond donors (Lipinski definition) is 2. The van der Waals surface area contributed by atoms with Crippen molar-refractivity contribution in [3.63, 3.8) is 0 Å². The molecule has 0 atom stereocenters. The van der Waals surface area contributed by atoms with E-state index in [0.29, 0.717) is 25.0 Å². The molecule has 17 heavy (non-hydrogen) atoms. The highest BCUT2D eigenvalue weighted by Gasteiger charge is 2.25. The standard InChI is InChI=1S/C11H9NO5/c13-8-3-1-2-7-5(8)4-6(10(14)15)9(12-7)11(16)17/h4H,1-3H2,(H,14,15)(H,16,17). The largest absolute Gasteiger partial charge is 0.478 e. The van der Waals surface area contributed by atoms with Gasteiger partial charge in [0.05, 0.1) is 11.3 Å². The molecule has 0 fully saturated rings. The van der Waals surface area contributed by atoms with Crippen molar-refractivity contribution < 1.29 is 24.6 Å². The molecule has 6 heteroatoms. The molecule has 0 bridgehead atoms. The molecular weight excluding hydrogens is 226 g/mol. The van der Waals surface area contributed by atoms with E-state index in [-0.39, 0.29) is 11.3 Å². The van der Waals surface area contributed by atoms with E-state index in [4.69, 9.17) is 10.2 Å². The Morgan fingerprint density at radius 2 is 1.88 bits per heavy atom. The number of Topliss-reactive ketones (excluding diaryl/α,β-unsaturated/α-hetero) is 1. The molecule has 0 saturated heterocycles. The Morgan fingerprint density at radius 3 is 2.47 bits per heavy atom. The summed E-state index contributed by atoms with van der Waals surface area (Å²) in [6.07, 6.45) is 1.46. The van der Waals surface area contributed by atoms with Crippen molar-refractivity contribution in [3.8, 4) is 0 Å². The first kappa shape index (κ1) is 11.3. The molecule has 0 saturated carbocycles. The van der Waals surface area contributed by atoms with Crippen LogP contribution in [-0.2, 0) is 6.42 Å². The predicted octanol–water partition coefficient (Wildman–Crippen LogP) is 0.997. The lowest BCUT2D eigenvalue weighted by molar-refractivity contribution is 0.0645. The van der Waals surface area contributed by atoms with Gasteiger partial charge in [0.25, 0.3) is 0 Å². The van der Waals surface area contributed by atoms with Gasteiger partial charge in [0.15, 0.2) is 11.5 Å². The van der Waals surface area contributed by atoms with Crippen LogP contribution in [0.4, 0.5) is 0 Å². The topological polar surface area (TPSA) is 105 Å². The van der Waals surface area contributed by atoms with E-state index in [9.17, 15) is 14.4 Å². The fourth-order valence-corrected chi connectivity index (χ4v) is 1.86. The van der Waals surface area contributed by atoms with Crippen molar-refractivity contribution in [1.82, 2.24) is 4.98 Å². The fraction of sp³-hybridized carbons (Fsp3) is 0.273. The second-order valence-corrected chi connectivity index (χ2v) is 3.77. The second kappa shape index (κ2) is 3.97. The van der Waals surface area contributed by atoms with Gasteiger partial charge in [-0.25, -0.2) is 14.6 Å². The van der Waals surface area contributed by atoms with Crippen LogP contribution in [0, 0.1) is 0 Å². The van der Waals surface area contributed by atoms with Gasteiger partial charge in [-0.05, 0) is 18.9 Å². The third kappa shape index (κ3) is 1.89. The number of aromatic carboxylic acids is 2. The minimum absolute atomic E-state index is 0.182. The van der Waals surface area contributed by atoms with Crippen molar-refractivity contribution in [2.24, 2.45) is 0 Å². The van der Waals surface area contributed by atoms with Gasteiger partial charge in [-0.2, -0.15) is 0 Å². The number of pyridine rings is 1. The molecule has 6 nitrogen and oxygen atoms in total. The minimum Gasteiger partial charge on any atom is -0.478 e. The third-order valence-corrected chi connectivity index (χ3v) is 2.65. The van der Waals surface area contributed by atoms with Crippen molar-refractivity contribution in [3.05, 3.63) is 28.6 Å². The van der Waals surface area contributed by atoms with Gasteiger partial charge in [-0.3, -0.25) is 4.79 Å². The minimum atomic E-state index is -1.40. The van der Waals surface area contributed by atoms with Crippen LogP contribution < -0.4 is 0 Å². The number of fused-ring (bicyclic) bond motifs is 1. The van der Waals surface area contributed by atoms with Crippen LogP contribution in [0.15, 0.2) is 6.07 Å². The number of carboxylic acids is 2. The Bertz CT molecular complexity index is 535. The molecule has 0 amide bonds. The predicted molar refractivity (Wildman–Crippen MR) is 55.4 cm³/mol. The maximum atomic E-state index is 11.6. The Labute approximate surface area is 95.9 Å². The number of hydrogen-bond acceptors (Lipinski definition) is 4. The molecule has 2 rings (SSSR count). The van der Waals surface area contributed by atoms with Crippen LogP contribution in [0.25, 0.3) is 0 Å². The summed E-state index contributed by atoms with van der Waals surface area (Å²) in [5, 5.41) is 17.8. The highest BCUT2D eigenvalue weighted by Crippen LogP contribution is 2.22. The van der Waals surface area contributed by atoms with Crippen LogP contribution >= 0.6 is 0 Å². The molecular formula is C11H9NO5. The molecule has 1 aliphatic rings. The van der Waals surface area contributed by atoms with Crippen LogP contribution in [0.5, 0.6) is 0 Å². The molecule has 2 N–H and O–H groups in total. The molecule has 0 aromatic carbocycles. The highest BCUT2D eigenvalue weighted by molar-refractivity contribution is 6.04. The van der Waals surface area contributed by atoms with E-state index in [2.05, 4.69) is 4.98 Å². The van der Waals surface area contributed by atoms with Crippen LogP contribution in [0.1, 0.15) is 49.7 Å². The Hall–Kier alpha value is -2.24. The molecule has 0 spiro atoms. The molecule has 1 aromatic heterocycles. The first-order chi connectivity index (χ1) is 8.00. The number of carboxylic acid groups (broad SMARTS) is 2. The molecule has 1 aliphatic carbocycles. The summed E-state index contributed by atoms with van der Waals surface area (Å²) in [7, 11) is 0. The summed E-state index contributed by atoms with van der Waals surface area (Å²) in [5.74, 6) is -2.97. The average Bonchev–Trinajstić information content (AvgIpc) is 2.27. The maximum Gasteiger partial charge on any atom is 0.355 e. The number of carbonyl (C=O) groups is 3. The van der Waals surface area contributed by atoms with E-state index in [1.54, 1.807) is 0 Å². The quantitative estimate of drug-likeness (QED) is 0.792. The normalized spacial score (nSPS) is 14.2. The molecule has 88 valence electrons. The summed E-state index contributed by atoms with van der Waals surface area (Å²) in [6.45, 7) is 0. The SMILES string of the molecule is O=C1CCCc2nc(C(=O)O)c(C(=O)O)cc21. The maximum absolute atomic E-state index is 11.6. The van der Waals surface area contributed by atoms with E-state index >= 15 is 0 Å². The number of rotatable bonds is 2. The van der Waals surface area contributed by atoms with E-state index in [1.165, 1.54) is 0 Å². The van der Waals surface area contributed by atoms with E-state index in [0.717, 1.165) is 6.07 Å². The third-order valence-electron chi connectivity index (χ3n) is 2.65. The van der Waals surface area contributed by atoms with Gasteiger partial charge >= 0.3 is 11.9 Å². The molecule has 0 aliphatic heterocycles. The van der Waals surface area contributed by atoms with E-state index < -0.39 is 23.2 Å². The Morgan fingerprint density at radius 1 is 1.18 bits per heavy atom. The summed E-state index contributed by atoms with van der Waals surface area (Å²) >= 11 is 0. The number of aryl methyl sites for hydroxylation is 1. The number of aromatic nitrogens is 1.